The fraction of sp³-hybridized carbons (Fsp3) is 0.944. The predicted molar refractivity (Wildman–Crippen MR) is 87.9 cm³/mol. The first kappa shape index (κ1) is 16.8. The maximum atomic E-state index is 13.0. The zero-order valence-corrected chi connectivity index (χ0v) is 14.2. The molecule has 0 heterocycles. The van der Waals surface area contributed by atoms with Gasteiger partial charge in [0.2, 0.25) is 5.91 Å². The largest absolute Gasteiger partial charge is 0.349 e. The number of nitrogens with two attached hydrogens (primary N) is 1. The summed E-state index contributed by atoms with van der Waals surface area (Å²) in [6.45, 7) is 7.35. The lowest BCUT2D eigenvalue weighted by Gasteiger charge is -2.42. The lowest BCUT2D eigenvalue weighted by Crippen LogP contribution is -2.58. The molecule has 21 heavy (non-hydrogen) atoms. The van der Waals surface area contributed by atoms with E-state index in [1.165, 1.54) is 25.7 Å². The average Bonchev–Trinajstić information content (AvgIpc) is 2.90. The lowest BCUT2D eigenvalue weighted by atomic mass is 9.74. The molecule has 0 aromatic heterocycles. The van der Waals surface area contributed by atoms with Gasteiger partial charge in [0.25, 0.3) is 0 Å². The Bertz CT molecular complexity index is 350. The summed E-state index contributed by atoms with van der Waals surface area (Å²) in [4.78, 5) is 13.0. The molecule has 0 atom stereocenters. The average molecular weight is 294 g/mol. The fourth-order valence-corrected chi connectivity index (χ4v) is 4.43. The minimum atomic E-state index is -0.129. The van der Waals surface area contributed by atoms with Gasteiger partial charge < -0.3 is 11.1 Å². The minimum absolute atomic E-state index is 0.112. The molecule has 2 saturated carbocycles. The van der Waals surface area contributed by atoms with Gasteiger partial charge in [-0.3, -0.25) is 4.79 Å². The van der Waals surface area contributed by atoms with Crippen LogP contribution in [0, 0.1) is 17.3 Å². The minimum Gasteiger partial charge on any atom is -0.349 e. The topological polar surface area (TPSA) is 55.1 Å². The first-order chi connectivity index (χ1) is 9.91. The maximum Gasteiger partial charge on any atom is 0.226 e. The molecule has 0 unspecified atom stereocenters. The third kappa shape index (κ3) is 3.80. The number of amides is 1. The van der Waals surface area contributed by atoms with Crippen molar-refractivity contribution in [3.8, 4) is 0 Å². The van der Waals surface area contributed by atoms with Gasteiger partial charge in [0.15, 0.2) is 0 Å². The van der Waals surface area contributed by atoms with E-state index in [0.717, 1.165) is 38.0 Å². The van der Waals surface area contributed by atoms with Crippen LogP contribution in [0.2, 0.25) is 0 Å². The molecule has 2 fully saturated rings. The van der Waals surface area contributed by atoms with E-state index in [2.05, 4.69) is 26.1 Å². The Labute approximate surface area is 130 Å². The lowest BCUT2D eigenvalue weighted by molar-refractivity contribution is -0.134. The molecule has 0 aromatic rings. The number of rotatable bonds is 5. The Balaban J connectivity index is 2.07. The first-order valence-corrected chi connectivity index (χ1v) is 8.94. The molecular weight excluding hydrogens is 260 g/mol. The van der Waals surface area contributed by atoms with E-state index >= 15 is 0 Å². The van der Waals surface area contributed by atoms with Crippen LogP contribution in [0.1, 0.15) is 78.6 Å². The molecule has 0 radical (unpaired) electrons. The molecule has 2 aliphatic carbocycles. The van der Waals surface area contributed by atoms with Crippen LogP contribution in [0.25, 0.3) is 0 Å². The van der Waals surface area contributed by atoms with Crippen molar-refractivity contribution in [2.24, 2.45) is 23.0 Å². The third-order valence-corrected chi connectivity index (χ3v) is 5.84. The summed E-state index contributed by atoms with van der Waals surface area (Å²) in [5.41, 5.74) is 5.82. The molecule has 0 bridgehead atoms. The predicted octanol–water partition coefficient (Wildman–Crippen LogP) is 3.62. The van der Waals surface area contributed by atoms with Gasteiger partial charge in [-0.1, -0.05) is 33.6 Å². The fourth-order valence-electron chi connectivity index (χ4n) is 4.43. The van der Waals surface area contributed by atoms with Crippen molar-refractivity contribution >= 4 is 5.91 Å². The molecular formula is C18H34N2O. The number of hydrogen-bond donors (Lipinski definition) is 2. The van der Waals surface area contributed by atoms with Gasteiger partial charge in [-0.15, -0.1) is 0 Å². The first-order valence-electron chi connectivity index (χ1n) is 8.94. The van der Waals surface area contributed by atoms with Gasteiger partial charge in [0, 0.05) is 12.0 Å². The molecule has 3 nitrogen and oxygen atoms in total. The van der Waals surface area contributed by atoms with E-state index in [-0.39, 0.29) is 11.0 Å². The number of hydrogen-bond acceptors (Lipinski definition) is 2. The zero-order valence-electron chi connectivity index (χ0n) is 14.2. The summed E-state index contributed by atoms with van der Waals surface area (Å²) < 4.78 is 0. The Hall–Kier alpha value is -0.570. The second-order valence-corrected chi connectivity index (χ2v) is 8.21. The van der Waals surface area contributed by atoms with Crippen LogP contribution in [0.15, 0.2) is 0 Å². The van der Waals surface area contributed by atoms with Gasteiger partial charge in [-0.05, 0) is 56.8 Å². The standard InChI is InChI=1S/C18H34N2O/c1-14(2)12-17(8-4-5-9-17)16(21)20-18(13-19)10-6-15(3)7-11-18/h14-15H,4-13,19H2,1-3H3,(H,20,21). The van der Waals surface area contributed by atoms with Crippen molar-refractivity contribution < 1.29 is 4.79 Å². The molecule has 0 spiro atoms. The van der Waals surface area contributed by atoms with Crippen molar-refractivity contribution in [3.63, 3.8) is 0 Å². The van der Waals surface area contributed by atoms with E-state index in [1.807, 2.05) is 0 Å². The molecule has 1 amide bonds. The van der Waals surface area contributed by atoms with Gasteiger partial charge in [0.1, 0.15) is 0 Å². The van der Waals surface area contributed by atoms with E-state index < -0.39 is 0 Å². The van der Waals surface area contributed by atoms with Crippen LogP contribution in [-0.2, 0) is 4.79 Å². The highest BCUT2D eigenvalue weighted by Crippen LogP contribution is 2.44. The summed E-state index contributed by atoms with van der Waals surface area (Å²) in [7, 11) is 0. The smallest absolute Gasteiger partial charge is 0.226 e. The van der Waals surface area contributed by atoms with Crippen LogP contribution in [0.4, 0.5) is 0 Å². The Morgan fingerprint density at radius 2 is 1.76 bits per heavy atom. The van der Waals surface area contributed by atoms with Crippen molar-refractivity contribution in [1.29, 1.82) is 0 Å². The molecule has 3 heteroatoms. The van der Waals surface area contributed by atoms with E-state index in [4.69, 9.17) is 5.73 Å². The van der Waals surface area contributed by atoms with Crippen molar-refractivity contribution in [2.75, 3.05) is 6.54 Å². The van der Waals surface area contributed by atoms with Gasteiger partial charge in [-0.25, -0.2) is 0 Å². The van der Waals surface area contributed by atoms with Crippen molar-refractivity contribution in [3.05, 3.63) is 0 Å². The van der Waals surface area contributed by atoms with Crippen molar-refractivity contribution in [1.82, 2.24) is 5.32 Å². The highest BCUT2D eigenvalue weighted by molar-refractivity contribution is 5.83. The van der Waals surface area contributed by atoms with Crippen LogP contribution in [-0.4, -0.2) is 18.0 Å². The highest BCUT2D eigenvalue weighted by atomic mass is 16.2. The molecule has 0 aliphatic heterocycles. The molecule has 0 saturated heterocycles. The maximum absolute atomic E-state index is 13.0. The van der Waals surface area contributed by atoms with Crippen LogP contribution >= 0.6 is 0 Å². The third-order valence-electron chi connectivity index (χ3n) is 5.84. The van der Waals surface area contributed by atoms with E-state index in [9.17, 15) is 4.79 Å². The summed E-state index contributed by atoms with van der Waals surface area (Å²) in [5, 5.41) is 3.43. The van der Waals surface area contributed by atoms with Crippen molar-refractivity contribution in [2.45, 2.75) is 84.1 Å². The van der Waals surface area contributed by atoms with Gasteiger partial charge >= 0.3 is 0 Å². The van der Waals surface area contributed by atoms with Crippen LogP contribution < -0.4 is 11.1 Å². The molecule has 2 aliphatic rings. The Morgan fingerprint density at radius 1 is 1.19 bits per heavy atom. The zero-order chi connectivity index (χ0) is 15.5. The molecule has 3 N–H and O–H groups in total. The highest BCUT2D eigenvalue weighted by Gasteiger charge is 2.44. The van der Waals surface area contributed by atoms with Gasteiger partial charge in [-0.2, -0.15) is 0 Å². The summed E-state index contributed by atoms with van der Waals surface area (Å²) >= 11 is 0. The number of carbonyl (C=O) groups excluding carboxylic acids is 1. The number of nitrogens with one attached hydrogen (secondary N) is 1. The second-order valence-electron chi connectivity index (χ2n) is 8.21. The normalized spacial score (nSPS) is 32.3. The quantitative estimate of drug-likeness (QED) is 0.813. The van der Waals surface area contributed by atoms with E-state index in [0.29, 0.717) is 18.4 Å². The summed E-state index contributed by atoms with van der Waals surface area (Å²) in [5.74, 6) is 1.65. The molecule has 2 rings (SSSR count). The monoisotopic (exact) mass is 294 g/mol. The summed E-state index contributed by atoms with van der Waals surface area (Å²) in [6.07, 6.45) is 10.0. The number of carbonyl (C=O) groups is 1. The summed E-state index contributed by atoms with van der Waals surface area (Å²) in [6, 6.07) is 0. The Kier molecular flexibility index (Phi) is 5.34. The second kappa shape index (κ2) is 6.68. The Morgan fingerprint density at radius 3 is 2.24 bits per heavy atom. The molecule has 0 aromatic carbocycles. The van der Waals surface area contributed by atoms with Crippen LogP contribution in [0.3, 0.4) is 0 Å². The van der Waals surface area contributed by atoms with Crippen LogP contribution in [0.5, 0.6) is 0 Å². The molecule has 122 valence electrons. The SMILES string of the molecule is CC(C)CC1(C(=O)NC2(CN)CCC(C)CC2)CCCC1. The van der Waals surface area contributed by atoms with E-state index in [1.54, 1.807) is 0 Å². The van der Waals surface area contributed by atoms with Gasteiger partial charge in [0.05, 0.1) is 5.54 Å².